The van der Waals surface area contributed by atoms with Gasteiger partial charge in [0, 0.05) is 17.2 Å². The van der Waals surface area contributed by atoms with Crippen molar-refractivity contribution in [2.45, 2.75) is 20.8 Å². The predicted molar refractivity (Wildman–Crippen MR) is 96.2 cm³/mol. The molecule has 118 valence electrons. The van der Waals surface area contributed by atoms with Crippen molar-refractivity contribution in [3.05, 3.63) is 64.7 Å². The fourth-order valence-electron chi connectivity index (χ4n) is 2.90. The first-order valence-electron chi connectivity index (χ1n) is 7.84. The maximum absolute atomic E-state index is 4.64. The van der Waals surface area contributed by atoms with Crippen LogP contribution in [-0.2, 0) is 0 Å². The van der Waals surface area contributed by atoms with E-state index >= 15 is 0 Å². The summed E-state index contributed by atoms with van der Waals surface area (Å²) in [6, 6.07) is 14.6. The number of aromatic nitrogens is 4. The Kier molecular flexibility index (Phi) is 3.34. The van der Waals surface area contributed by atoms with Crippen molar-refractivity contribution in [2.75, 3.05) is 0 Å². The molecule has 2 aromatic heterocycles. The Bertz CT molecular complexity index is 1090. The summed E-state index contributed by atoms with van der Waals surface area (Å²) in [6.07, 6.45) is 1.84. The monoisotopic (exact) mass is 315 g/mol. The highest BCUT2D eigenvalue weighted by molar-refractivity contribution is 5.96. The number of fused-ring (bicyclic) bond motifs is 3. The first-order valence-corrected chi connectivity index (χ1v) is 7.84. The zero-order valence-electron chi connectivity index (χ0n) is 13.9. The number of tetrazole rings is 1. The third kappa shape index (κ3) is 2.44. The summed E-state index contributed by atoms with van der Waals surface area (Å²) in [5, 5.41) is 13.2. The molecule has 5 nitrogen and oxygen atoms in total. The summed E-state index contributed by atoms with van der Waals surface area (Å²) in [6.45, 7) is 6.21. The molecule has 0 aliphatic heterocycles. The largest absolute Gasteiger partial charge is 0.256 e. The van der Waals surface area contributed by atoms with Gasteiger partial charge in [-0.3, -0.25) is 4.99 Å². The van der Waals surface area contributed by atoms with Crippen LogP contribution in [0.2, 0.25) is 0 Å². The van der Waals surface area contributed by atoms with Crippen molar-refractivity contribution in [2.24, 2.45) is 4.99 Å². The minimum Gasteiger partial charge on any atom is -0.256 e. The average molecular weight is 315 g/mol. The third-order valence-electron chi connectivity index (χ3n) is 4.15. The Balaban J connectivity index is 1.88. The SMILES string of the molecule is Cc1ccc(N=Cc2cc3ccc(C)cc3n3nnnc23)c(C)c1. The van der Waals surface area contributed by atoms with Crippen molar-refractivity contribution < 1.29 is 0 Å². The van der Waals surface area contributed by atoms with E-state index in [1.54, 1.807) is 4.52 Å². The van der Waals surface area contributed by atoms with Gasteiger partial charge in [0.1, 0.15) is 0 Å². The van der Waals surface area contributed by atoms with E-state index in [1.165, 1.54) is 11.1 Å². The van der Waals surface area contributed by atoms with Crippen LogP contribution in [0.15, 0.2) is 47.5 Å². The normalized spacial score (nSPS) is 11.8. The molecule has 0 N–H and O–H groups in total. The number of rotatable bonds is 2. The van der Waals surface area contributed by atoms with Gasteiger partial charge in [0.15, 0.2) is 5.65 Å². The molecular weight excluding hydrogens is 298 g/mol. The number of pyridine rings is 1. The number of hydrogen-bond donors (Lipinski definition) is 0. The quantitative estimate of drug-likeness (QED) is 0.526. The molecule has 24 heavy (non-hydrogen) atoms. The van der Waals surface area contributed by atoms with Gasteiger partial charge < -0.3 is 0 Å². The molecule has 0 fully saturated rings. The van der Waals surface area contributed by atoms with Gasteiger partial charge in [0.05, 0.1) is 11.2 Å². The summed E-state index contributed by atoms with van der Waals surface area (Å²) in [7, 11) is 0. The van der Waals surface area contributed by atoms with Gasteiger partial charge in [-0.05, 0) is 60.5 Å². The van der Waals surface area contributed by atoms with E-state index in [2.05, 4.69) is 77.7 Å². The van der Waals surface area contributed by atoms with E-state index in [1.807, 2.05) is 12.3 Å². The van der Waals surface area contributed by atoms with Crippen molar-refractivity contribution in [1.82, 2.24) is 20.0 Å². The van der Waals surface area contributed by atoms with Gasteiger partial charge in [-0.2, -0.15) is 4.52 Å². The predicted octanol–water partition coefficient (Wildman–Crippen LogP) is 3.95. The fraction of sp³-hybridized carbons (Fsp3) is 0.158. The highest BCUT2D eigenvalue weighted by Crippen LogP contribution is 2.22. The van der Waals surface area contributed by atoms with Crippen LogP contribution in [0.25, 0.3) is 16.6 Å². The number of nitrogens with zero attached hydrogens (tertiary/aromatic N) is 5. The molecule has 0 atom stereocenters. The summed E-state index contributed by atoms with van der Waals surface area (Å²) in [5.74, 6) is 0. The maximum atomic E-state index is 4.64. The Morgan fingerprint density at radius 1 is 0.958 bits per heavy atom. The van der Waals surface area contributed by atoms with Crippen LogP contribution in [0.1, 0.15) is 22.3 Å². The van der Waals surface area contributed by atoms with Crippen LogP contribution in [0, 0.1) is 20.8 Å². The van der Waals surface area contributed by atoms with E-state index in [0.717, 1.165) is 27.7 Å². The zero-order chi connectivity index (χ0) is 16.7. The van der Waals surface area contributed by atoms with E-state index in [9.17, 15) is 0 Å². The molecule has 0 bridgehead atoms. The van der Waals surface area contributed by atoms with Gasteiger partial charge in [-0.25, -0.2) is 0 Å². The second-order valence-electron chi connectivity index (χ2n) is 6.12. The van der Waals surface area contributed by atoms with E-state index in [-0.39, 0.29) is 0 Å². The van der Waals surface area contributed by atoms with Crippen molar-refractivity contribution in [3.8, 4) is 0 Å². The molecular formula is C19H17N5. The van der Waals surface area contributed by atoms with Crippen molar-refractivity contribution >= 4 is 28.5 Å². The van der Waals surface area contributed by atoms with E-state index in [4.69, 9.17) is 0 Å². The molecule has 0 saturated heterocycles. The van der Waals surface area contributed by atoms with Crippen molar-refractivity contribution in [1.29, 1.82) is 0 Å². The lowest BCUT2D eigenvalue weighted by Crippen LogP contribution is -1.96. The highest BCUT2D eigenvalue weighted by Gasteiger charge is 2.09. The summed E-state index contributed by atoms with van der Waals surface area (Å²) < 4.78 is 1.77. The van der Waals surface area contributed by atoms with Gasteiger partial charge in [-0.1, -0.05) is 29.8 Å². The molecule has 0 aliphatic rings. The number of aliphatic imine (C=N–C) groups is 1. The molecule has 4 aromatic rings. The molecule has 0 spiro atoms. The van der Waals surface area contributed by atoms with Crippen LogP contribution in [0.5, 0.6) is 0 Å². The molecule has 4 rings (SSSR count). The number of benzene rings is 2. The zero-order valence-corrected chi connectivity index (χ0v) is 13.9. The number of aryl methyl sites for hydroxylation is 3. The number of hydrogen-bond acceptors (Lipinski definition) is 4. The lowest BCUT2D eigenvalue weighted by Gasteiger charge is -2.05. The third-order valence-corrected chi connectivity index (χ3v) is 4.15. The topological polar surface area (TPSA) is 55.4 Å². The summed E-state index contributed by atoms with van der Waals surface area (Å²) in [4.78, 5) is 4.64. The Labute approximate surface area is 139 Å². The molecule has 2 heterocycles. The van der Waals surface area contributed by atoms with Crippen LogP contribution in [0.4, 0.5) is 5.69 Å². The smallest absolute Gasteiger partial charge is 0.188 e. The minimum atomic E-state index is 0.710. The lowest BCUT2D eigenvalue weighted by molar-refractivity contribution is 0.841. The fourth-order valence-corrected chi connectivity index (χ4v) is 2.90. The van der Waals surface area contributed by atoms with Crippen LogP contribution < -0.4 is 0 Å². The van der Waals surface area contributed by atoms with Crippen LogP contribution >= 0.6 is 0 Å². The van der Waals surface area contributed by atoms with Gasteiger partial charge in [0.25, 0.3) is 0 Å². The first kappa shape index (κ1) is 14.5. The maximum Gasteiger partial charge on any atom is 0.188 e. The van der Waals surface area contributed by atoms with Crippen LogP contribution in [-0.4, -0.2) is 26.3 Å². The molecule has 0 unspecified atom stereocenters. The van der Waals surface area contributed by atoms with E-state index < -0.39 is 0 Å². The Hall–Kier alpha value is -3.08. The second-order valence-corrected chi connectivity index (χ2v) is 6.12. The lowest BCUT2D eigenvalue weighted by atomic mass is 10.1. The molecule has 2 aromatic carbocycles. The van der Waals surface area contributed by atoms with Crippen molar-refractivity contribution in [3.63, 3.8) is 0 Å². The average Bonchev–Trinajstić information content (AvgIpc) is 3.04. The van der Waals surface area contributed by atoms with Gasteiger partial charge >= 0.3 is 0 Å². The first-order chi connectivity index (χ1) is 11.6. The second kappa shape index (κ2) is 5.53. The molecule has 5 heteroatoms. The Morgan fingerprint density at radius 2 is 1.75 bits per heavy atom. The van der Waals surface area contributed by atoms with Crippen LogP contribution in [0.3, 0.4) is 0 Å². The Morgan fingerprint density at radius 3 is 2.58 bits per heavy atom. The van der Waals surface area contributed by atoms with Gasteiger partial charge in [0.2, 0.25) is 0 Å². The molecule has 0 amide bonds. The molecule has 0 saturated carbocycles. The standard InChI is InChI=1S/C19H17N5/c1-12-5-7-17(14(3)8-12)20-11-16-10-15-6-4-13(2)9-18(15)24-19(16)21-22-23-24/h4-11H,1-3H3. The summed E-state index contributed by atoms with van der Waals surface area (Å²) in [5.41, 5.74) is 7.12. The highest BCUT2D eigenvalue weighted by atomic mass is 15.5. The molecule has 0 aliphatic carbocycles. The van der Waals surface area contributed by atoms with Gasteiger partial charge in [-0.15, -0.1) is 5.10 Å². The molecule has 0 radical (unpaired) electrons. The minimum absolute atomic E-state index is 0.710. The van der Waals surface area contributed by atoms with E-state index in [0.29, 0.717) is 5.65 Å². The summed E-state index contributed by atoms with van der Waals surface area (Å²) >= 11 is 0.